The molecule has 16 heavy (non-hydrogen) atoms. The lowest BCUT2D eigenvalue weighted by Crippen LogP contribution is -2.02. The van der Waals surface area contributed by atoms with Crippen LogP contribution in [0.1, 0.15) is 11.1 Å². The fourth-order valence-corrected chi connectivity index (χ4v) is 1.03. The molecule has 0 saturated carbocycles. The van der Waals surface area contributed by atoms with Crippen LogP contribution >= 0.6 is 0 Å². The summed E-state index contributed by atoms with van der Waals surface area (Å²) in [6.07, 6.45) is 1.63. The molecule has 0 radical (unpaired) electrons. The number of hydrogen-bond acceptors (Lipinski definition) is 3. The van der Waals surface area contributed by atoms with Crippen molar-refractivity contribution in [3.05, 3.63) is 47.5 Å². The summed E-state index contributed by atoms with van der Waals surface area (Å²) in [6, 6.07) is 7.53. The zero-order valence-corrected chi connectivity index (χ0v) is 8.84. The van der Waals surface area contributed by atoms with Crippen molar-refractivity contribution in [1.82, 2.24) is 0 Å². The maximum Gasteiger partial charge on any atom is 0.331 e. The molecule has 0 aliphatic heterocycles. The van der Waals surface area contributed by atoms with E-state index in [1.807, 2.05) is 31.2 Å². The van der Waals surface area contributed by atoms with Gasteiger partial charge in [0.2, 0.25) is 0 Å². The first kappa shape index (κ1) is 12.0. The molecule has 0 spiro atoms. The lowest BCUT2D eigenvalue weighted by atomic mass is 10.2. The van der Waals surface area contributed by atoms with E-state index in [9.17, 15) is 9.59 Å². The van der Waals surface area contributed by atoms with Gasteiger partial charge in [0.1, 0.15) is 6.61 Å². The van der Waals surface area contributed by atoms with E-state index in [0.29, 0.717) is 0 Å². The van der Waals surface area contributed by atoms with Crippen molar-refractivity contribution in [2.75, 3.05) is 0 Å². The van der Waals surface area contributed by atoms with E-state index in [-0.39, 0.29) is 6.61 Å². The van der Waals surface area contributed by atoms with Crippen LogP contribution in [0, 0.1) is 6.92 Å². The molecule has 1 N–H and O–H groups in total. The van der Waals surface area contributed by atoms with Crippen LogP contribution in [0.3, 0.4) is 0 Å². The minimum Gasteiger partial charge on any atom is -0.478 e. The van der Waals surface area contributed by atoms with Crippen LogP contribution in [0.5, 0.6) is 0 Å². The second kappa shape index (κ2) is 5.70. The Bertz CT molecular complexity index is 404. The molecule has 0 atom stereocenters. The van der Waals surface area contributed by atoms with Gasteiger partial charge in [-0.2, -0.15) is 0 Å². The van der Waals surface area contributed by atoms with E-state index < -0.39 is 11.9 Å². The molecule has 0 unspecified atom stereocenters. The molecule has 0 amide bonds. The number of hydrogen-bond donors (Lipinski definition) is 1. The molecule has 1 aromatic carbocycles. The third-order valence-electron chi connectivity index (χ3n) is 1.86. The Kier molecular flexibility index (Phi) is 4.27. The zero-order valence-electron chi connectivity index (χ0n) is 8.84. The van der Waals surface area contributed by atoms with Gasteiger partial charge < -0.3 is 9.84 Å². The summed E-state index contributed by atoms with van der Waals surface area (Å²) in [4.78, 5) is 21.1. The lowest BCUT2D eigenvalue weighted by Gasteiger charge is -2.02. The second-order valence-electron chi connectivity index (χ2n) is 3.26. The van der Waals surface area contributed by atoms with Gasteiger partial charge >= 0.3 is 11.9 Å². The number of carbonyl (C=O) groups excluding carboxylic acids is 1. The standard InChI is InChI=1S/C12H12O4/c1-9-2-4-10(5-3-9)8-16-12(15)7-6-11(13)14/h2-7H,8H2,1H3,(H,13,14)/b7-6+. The first-order valence-corrected chi connectivity index (χ1v) is 4.71. The number of aliphatic carboxylic acids is 1. The first-order chi connectivity index (χ1) is 7.58. The van der Waals surface area contributed by atoms with E-state index in [1.54, 1.807) is 0 Å². The van der Waals surface area contributed by atoms with E-state index >= 15 is 0 Å². The van der Waals surface area contributed by atoms with Gasteiger partial charge in [0, 0.05) is 12.2 Å². The maximum atomic E-state index is 11.0. The normalized spacial score (nSPS) is 10.3. The topological polar surface area (TPSA) is 63.6 Å². The Balaban J connectivity index is 2.43. The lowest BCUT2D eigenvalue weighted by molar-refractivity contribution is -0.139. The van der Waals surface area contributed by atoms with Crippen LogP contribution in [-0.4, -0.2) is 17.0 Å². The van der Waals surface area contributed by atoms with E-state index in [2.05, 4.69) is 0 Å². The molecule has 0 aliphatic carbocycles. The number of benzene rings is 1. The predicted octanol–water partition coefficient (Wildman–Crippen LogP) is 1.68. The quantitative estimate of drug-likeness (QED) is 0.619. The van der Waals surface area contributed by atoms with Gasteiger partial charge in [0.05, 0.1) is 0 Å². The number of rotatable bonds is 4. The largest absolute Gasteiger partial charge is 0.478 e. The number of carbonyl (C=O) groups is 2. The molecule has 0 aromatic heterocycles. The third-order valence-corrected chi connectivity index (χ3v) is 1.86. The van der Waals surface area contributed by atoms with Crippen LogP contribution < -0.4 is 0 Å². The van der Waals surface area contributed by atoms with Gasteiger partial charge in [-0.1, -0.05) is 29.8 Å². The van der Waals surface area contributed by atoms with Gasteiger partial charge in [-0.05, 0) is 12.5 Å². The van der Waals surface area contributed by atoms with Crippen LogP contribution in [0.25, 0.3) is 0 Å². The monoisotopic (exact) mass is 220 g/mol. The predicted molar refractivity (Wildman–Crippen MR) is 57.8 cm³/mol. The van der Waals surface area contributed by atoms with Crippen molar-refractivity contribution < 1.29 is 19.4 Å². The number of carboxylic acids is 1. The zero-order chi connectivity index (χ0) is 12.0. The fourth-order valence-electron chi connectivity index (χ4n) is 1.03. The third kappa shape index (κ3) is 4.41. The molecule has 0 heterocycles. The summed E-state index contributed by atoms with van der Waals surface area (Å²) < 4.78 is 4.83. The number of carboxylic acid groups (broad SMARTS) is 1. The molecule has 0 aliphatic rings. The van der Waals surface area contributed by atoms with Crippen molar-refractivity contribution in [2.24, 2.45) is 0 Å². The average Bonchev–Trinajstić information content (AvgIpc) is 2.25. The first-order valence-electron chi connectivity index (χ1n) is 4.71. The highest BCUT2D eigenvalue weighted by Gasteiger charge is 1.99. The van der Waals surface area contributed by atoms with Crippen molar-refractivity contribution in [3.8, 4) is 0 Å². The Hall–Kier alpha value is -2.10. The molecule has 0 saturated heterocycles. The fraction of sp³-hybridized carbons (Fsp3) is 0.167. The van der Waals surface area contributed by atoms with Gasteiger partial charge in [0.25, 0.3) is 0 Å². The van der Waals surface area contributed by atoms with Crippen LogP contribution in [0.15, 0.2) is 36.4 Å². The number of ether oxygens (including phenoxy) is 1. The average molecular weight is 220 g/mol. The van der Waals surface area contributed by atoms with E-state index in [4.69, 9.17) is 9.84 Å². The summed E-state index contributed by atoms with van der Waals surface area (Å²) in [5, 5.41) is 8.28. The Morgan fingerprint density at radius 3 is 2.44 bits per heavy atom. The Labute approximate surface area is 93.2 Å². The molecule has 1 rings (SSSR count). The summed E-state index contributed by atoms with van der Waals surface area (Å²) in [5.74, 6) is -1.84. The Morgan fingerprint density at radius 1 is 1.25 bits per heavy atom. The van der Waals surface area contributed by atoms with Crippen LogP contribution in [-0.2, 0) is 20.9 Å². The molecule has 0 bridgehead atoms. The summed E-state index contributed by atoms with van der Waals surface area (Å²) in [5.41, 5.74) is 1.99. The van der Waals surface area contributed by atoms with Crippen LogP contribution in [0.4, 0.5) is 0 Å². The molecule has 1 aromatic rings. The molecule has 84 valence electrons. The van der Waals surface area contributed by atoms with Gasteiger partial charge in [0.15, 0.2) is 0 Å². The Morgan fingerprint density at radius 2 is 1.88 bits per heavy atom. The molecular weight excluding hydrogens is 208 g/mol. The minimum atomic E-state index is -1.17. The molecule has 0 fully saturated rings. The molecule has 4 nitrogen and oxygen atoms in total. The van der Waals surface area contributed by atoms with E-state index in [1.165, 1.54) is 0 Å². The van der Waals surface area contributed by atoms with Crippen molar-refractivity contribution in [1.29, 1.82) is 0 Å². The highest BCUT2D eigenvalue weighted by molar-refractivity contribution is 5.90. The van der Waals surface area contributed by atoms with E-state index in [0.717, 1.165) is 23.3 Å². The summed E-state index contributed by atoms with van der Waals surface area (Å²) >= 11 is 0. The minimum absolute atomic E-state index is 0.142. The van der Waals surface area contributed by atoms with Gasteiger partial charge in [-0.25, -0.2) is 9.59 Å². The van der Waals surface area contributed by atoms with Gasteiger partial charge in [-0.3, -0.25) is 0 Å². The summed E-state index contributed by atoms with van der Waals surface area (Å²) in [7, 11) is 0. The van der Waals surface area contributed by atoms with Crippen LogP contribution in [0.2, 0.25) is 0 Å². The van der Waals surface area contributed by atoms with Crippen molar-refractivity contribution in [3.63, 3.8) is 0 Å². The second-order valence-corrected chi connectivity index (χ2v) is 3.26. The highest BCUT2D eigenvalue weighted by atomic mass is 16.5. The SMILES string of the molecule is Cc1ccc(COC(=O)/C=C/C(=O)O)cc1. The number of aryl methyl sites for hydroxylation is 1. The highest BCUT2D eigenvalue weighted by Crippen LogP contribution is 2.04. The smallest absolute Gasteiger partial charge is 0.331 e. The van der Waals surface area contributed by atoms with Crippen molar-refractivity contribution in [2.45, 2.75) is 13.5 Å². The maximum absolute atomic E-state index is 11.0. The van der Waals surface area contributed by atoms with Gasteiger partial charge in [-0.15, -0.1) is 0 Å². The molecular formula is C12H12O4. The number of esters is 1. The molecule has 4 heteroatoms. The summed E-state index contributed by atoms with van der Waals surface area (Å²) in [6.45, 7) is 2.11. The van der Waals surface area contributed by atoms with Crippen molar-refractivity contribution >= 4 is 11.9 Å².